The van der Waals surface area contributed by atoms with Crippen molar-refractivity contribution in [3.05, 3.63) is 72.5 Å². The fraction of sp³-hybridized carbons (Fsp3) is 0.125. The van der Waals surface area contributed by atoms with E-state index in [1.165, 1.54) is 9.75 Å². The van der Waals surface area contributed by atoms with Gasteiger partial charge < -0.3 is 5.32 Å². The first-order chi connectivity index (χ1) is 10.2. The minimum Gasteiger partial charge on any atom is -0.376 e. The van der Waals surface area contributed by atoms with Gasteiger partial charge in [0.1, 0.15) is 0 Å². The first-order valence-electron chi connectivity index (χ1n) is 6.50. The standard InChI is InChI=1S/C16H13BrClNS2/c17-11-5-6-13(18)14(9-11)19-15(16-4-2-8-21-16)10-12-3-1-7-20-12/h1-9,15,19H,10H2. The van der Waals surface area contributed by atoms with Crippen molar-refractivity contribution in [2.24, 2.45) is 0 Å². The predicted octanol–water partition coefficient (Wildman–Crippen LogP) is 6.62. The zero-order chi connectivity index (χ0) is 14.7. The Hall–Kier alpha value is -0.810. The average molecular weight is 399 g/mol. The summed E-state index contributed by atoms with van der Waals surface area (Å²) in [5, 5.41) is 8.56. The van der Waals surface area contributed by atoms with Crippen molar-refractivity contribution in [2.75, 3.05) is 5.32 Å². The van der Waals surface area contributed by atoms with Gasteiger partial charge in [-0.15, -0.1) is 22.7 Å². The van der Waals surface area contributed by atoms with Crippen molar-refractivity contribution in [3.63, 3.8) is 0 Å². The molecule has 3 rings (SSSR count). The molecule has 0 bridgehead atoms. The summed E-state index contributed by atoms with van der Waals surface area (Å²) < 4.78 is 1.02. The number of benzene rings is 1. The molecule has 0 saturated carbocycles. The fourth-order valence-corrected chi connectivity index (χ4v) is 4.20. The smallest absolute Gasteiger partial charge is 0.0655 e. The molecular formula is C16H13BrClNS2. The Morgan fingerprint density at radius 3 is 2.62 bits per heavy atom. The van der Waals surface area contributed by atoms with Crippen LogP contribution in [0.5, 0.6) is 0 Å². The minimum absolute atomic E-state index is 0.232. The van der Waals surface area contributed by atoms with E-state index in [0.29, 0.717) is 0 Å². The monoisotopic (exact) mass is 397 g/mol. The van der Waals surface area contributed by atoms with Crippen molar-refractivity contribution in [1.29, 1.82) is 0 Å². The molecule has 1 N–H and O–H groups in total. The van der Waals surface area contributed by atoms with Gasteiger partial charge >= 0.3 is 0 Å². The fourth-order valence-electron chi connectivity index (χ4n) is 2.14. The van der Waals surface area contributed by atoms with Gasteiger partial charge in [0.2, 0.25) is 0 Å². The van der Waals surface area contributed by atoms with E-state index in [-0.39, 0.29) is 6.04 Å². The molecule has 2 heterocycles. The van der Waals surface area contributed by atoms with Crippen LogP contribution < -0.4 is 5.32 Å². The number of hydrogen-bond donors (Lipinski definition) is 1. The Labute approximate surface area is 145 Å². The molecule has 0 aliphatic heterocycles. The lowest BCUT2D eigenvalue weighted by Gasteiger charge is -2.19. The van der Waals surface area contributed by atoms with Crippen LogP contribution in [0.1, 0.15) is 15.8 Å². The van der Waals surface area contributed by atoms with E-state index in [1.807, 2.05) is 18.2 Å². The molecule has 0 aliphatic carbocycles. The zero-order valence-electron chi connectivity index (χ0n) is 11.1. The Bertz CT molecular complexity index is 695. The molecule has 21 heavy (non-hydrogen) atoms. The third kappa shape index (κ3) is 3.89. The minimum atomic E-state index is 0.232. The van der Waals surface area contributed by atoms with Crippen LogP contribution in [0.25, 0.3) is 0 Å². The number of rotatable bonds is 5. The van der Waals surface area contributed by atoms with Crippen LogP contribution in [0, 0.1) is 0 Å². The maximum absolute atomic E-state index is 6.31. The highest BCUT2D eigenvalue weighted by atomic mass is 79.9. The van der Waals surface area contributed by atoms with Crippen LogP contribution in [0.3, 0.4) is 0 Å². The molecule has 2 aromatic heterocycles. The Balaban J connectivity index is 1.87. The van der Waals surface area contributed by atoms with Crippen LogP contribution >= 0.6 is 50.2 Å². The summed E-state index contributed by atoms with van der Waals surface area (Å²) in [5.41, 5.74) is 0.959. The first-order valence-corrected chi connectivity index (χ1v) is 9.43. The predicted molar refractivity (Wildman–Crippen MR) is 97.9 cm³/mol. The van der Waals surface area contributed by atoms with E-state index in [2.05, 4.69) is 56.3 Å². The molecule has 0 aliphatic rings. The molecule has 1 atom stereocenters. The number of anilines is 1. The highest BCUT2D eigenvalue weighted by Gasteiger charge is 2.15. The van der Waals surface area contributed by atoms with Gasteiger partial charge in [-0.05, 0) is 41.1 Å². The summed E-state index contributed by atoms with van der Waals surface area (Å²) in [5.74, 6) is 0. The van der Waals surface area contributed by atoms with Gasteiger partial charge in [0.25, 0.3) is 0 Å². The largest absolute Gasteiger partial charge is 0.376 e. The zero-order valence-corrected chi connectivity index (χ0v) is 15.0. The molecule has 0 spiro atoms. The number of thiophene rings is 2. The molecule has 0 saturated heterocycles. The van der Waals surface area contributed by atoms with Crippen LogP contribution in [0.4, 0.5) is 5.69 Å². The maximum Gasteiger partial charge on any atom is 0.0655 e. The molecule has 0 fully saturated rings. The number of halogens is 2. The summed E-state index contributed by atoms with van der Waals surface area (Å²) >= 11 is 13.4. The number of nitrogens with one attached hydrogen (secondary N) is 1. The lowest BCUT2D eigenvalue weighted by molar-refractivity contribution is 0.802. The lowest BCUT2D eigenvalue weighted by atomic mass is 10.1. The topological polar surface area (TPSA) is 12.0 Å². The van der Waals surface area contributed by atoms with E-state index in [9.17, 15) is 0 Å². The van der Waals surface area contributed by atoms with Crippen LogP contribution in [0.2, 0.25) is 5.02 Å². The van der Waals surface area contributed by atoms with Crippen LogP contribution in [0.15, 0.2) is 57.7 Å². The third-order valence-electron chi connectivity index (χ3n) is 3.13. The maximum atomic E-state index is 6.31. The Morgan fingerprint density at radius 1 is 1.10 bits per heavy atom. The molecule has 1 unspecified atom stereocenters. The SMILES string of the molecule is Clc1ccc(Br)cc1NC(Cc1cccs1)c1cccs1. The van der Waals surface area contributed by atoms with Gasteiger partial charge in [-0.2, -0.15) is 0 Å². The Morgan fingerprint density at radius 2 is 1.90 bits per heavy atom. The molecule has 0 amide bonds. The number of hydrogen-bond acceptors (Lipinski definition) is 3. The second-order valence-corrected chi connectivity index (χ2v) is 7.95. The van der Waals surface area contributed by atoms with Crippen molar-refractivity contribution >= 4 is 55.9 Å². The van der Waals surface area contributed by atoms with Crippen LogP contribution in [-0.4, -0.2) is 0 Å². The quantitative estimate of drug-likeness (QED) is 0.509. The van der Waals surface area contributed by atoms with Gasteiger partial charge in [0.15, 0.2) is 0 Å². The second-order valence-electron chi connectivity index (χ2n) is 4.62. The third-order valence-corrected chi connectivity index (χ3v) is 5.84. The highest BCUT2D eigenvalue weighted by Crippen LogP contribution is 2.32. The summed E-state index contributed by atoms with van der Waals surface area (Å²) in [6, 6.07) is 14.6. The van der Waals surface area contributed by atoms with Crippen molar-refractivity contribution in [1.82, 2.24) is 0 Å². The first kappa shape index (κ1) is 15.1. The van der Waals surface area contributed by atoms with Gasteiger partial charge in [-0.1, -0.05) is 39.7 Å². The van der Waals surface area contributed by atoms with E-state index < -0.39 is 0 Å². The molecule has 0 radical (unpaired) electrons. The van der Waals surface area contributed by atoms with Gasteiger partial charge in [0.05, 0.1) is 16.8 Å². The van der Waals surface area contributed by atoms with Crippen LogP contribution in [-0.2, 0) is 6.42 Å². The van der Waals surface area contributed by atoms with Crippen molar-refractivity contribution in [2.45, 2.75) is 12.5 Å². The van der Waals surface area contributed by atoms with E-state index in [1.54, 1.807) is 22.7 Å². The molecular weight excluding hydrogens is 386 g/mol. The second kappa shape index (κ2) is 6.97. The molecule has 1 nitrogen and oxygen atoms in total. The lowest BCUT2D eigenvalue weighted by Crippen LogP contribution is -2.12. The summed E-state index contributed by atoms with van der Waals surface area (Å²) in [7, 11) is 0. The van der Waals surface area contributed by atoms with Gasteiger partial charge in [-0.25, -0.2) is 0 Å². The van der Waals surface area contributed by atoms with Gasteiger partial charge in [0, 0.05) is 20.6 Å². The molecule has 3 aromatic rings. The average Bonchev–Trinajstić information content (AvgIpc) is 3.14. The van der Waals surface area contributed by atoms with E-state index in [4.69, 9.17) is 11.6 Å². The molecule has 108 valence electrons. The van der Waals surface area contributed by atoms with Crippen molar-refractivity contribution in [3.8, 4) is 0 Å². The van der Waals surface area contributed by atoms with E-state index in [0.717, 1.165) is 21.6 Å². The Kier molecular flexibility index (Phi) is 5.01. The summed E-state index contributed by atoms with van der Waals surface area (Å²) in [4.78, 5) is 2.69. The normalized spacial score (nSPS) is 12.3. The highest BCUT2D eigenvalue weighted by molar-refractivity contribution is 9.10. The summed E-state index contributed by atoms with van der Waals surface area (Å²) in [6.45, 7) is 0. The summed E-state index contributed by atoms with van der Waals surface area (Å²) in [6.07, 6.45) is 0.959. The molecule has 5 heteroatoms. The molecule has 1 aromatic carbocycles. The van der Waals surface area contributed by atoms with E-state index >= 15 is 0 Å². The van der Waals surface area contributed by atoms with Crippen molar-refractivity contribution < 1.29 is 0 Å². The van der Waals surface area contributed by atoms with Gasteiger partial charge in [-0.3, -0.25) is 0 Å².